The van der Waals surface area contributed by atoms with Crippen molar-refractivity contribution in [3.05, 3.63) is 29.0 Å². The highest BCUT2D eigenvalue weighted by Gasteiger charge is 2.36. The highest BCUT2D eigenvalue weighted by molar-refractivity contribution is 6.31. The predicted molar refractivity (Wildman–Crippen MR) is 71.7 cm³/mol. The van der Waals surface area contributed by atoms with E-state index in [1.807, 2.05) is 0 Å². The van der Waals surface area contributed by atoms with E-state index >= 15 is 0 Å². The normalized spacial score (nSPS) is 17.4. The minimum Gasteiger partial charge on any atom is -0.479 e. The average Bonchev–Trinajstić information content (AvgIpc) is 2.86. The summed E-state index contributed by atoms with van der Waals surface area (Å²) in [5.41, 5.74) is 0.964. The smallest absolute Gasteiger partial charge is 0.335 e. The van der Waals surface area contributed by atoms with E-state index in [0.29, 0.717) is 16.1 Å². The van der Waals surface area contributed by atoms with Crippen LogP contribution < -0.4 is 0 Å². The third-order valence-corrected chi connectivity index (χ3v) is 3.23. The minimum atomic E-state index is -2.23. The van der Waals surface area contributed by atoms with Crippen LogP contribution in [0.5, 0.6) is 0 Å². The van der Waals surface area contributed by atoms with Gasteiger partial charge in [0.15, 0.2) is 6.10 Å². The summed E-state index contributed by atoms with van der Waals surface area (Å²) < 4.78 is 0. The van der Waals surface area contributed by atoms with Gasteiger partial charge in [0, 0.05) is 5.02 Å². The fourth-order valence-electron chi connectivity index (χ4n) is 1.82. The lowest BCUT2D eigenvalue weighted by atomic mass is 10.0. The maximum Gasteiger partial charge on any atom is 0.335 e. The van der Waals surface area contributed by atoms with Crippen LogP contribution in [0.2, 0.25) is 5.02 Å². The number of aliphatic hydroxyl groups excluding tert-OH is 4. The summed E-state index contributed by atoms with van der Waals surface area (Å²) in [6.45, 7) is 0. The van der Waals surface area contributed by atoms with Crippen LogP contribution in [0.25, 0.3) is 11.0 Å². The Balaban J connectivity index is 2.24. The van der Waals surface area contributed by atoms with Gasteiger partial charge in [-0.05, 0) is 18.2 Å². The van der Waals surface area contributed by atoms with Crippen LogP contribution in [0.15, 0.2) is 18.2 Å². The molecule has 0 saturated heterocycles. The van der Waals surface area contributed by atoms with Crippen molar-refractivity contribution >= 4 is 28.6 Å². The van der Waals surface area contributed by atoms with E-state index in [0.717, 1.165) is 0 Å². The predicted octanol–water partition coefficient (Wildman–Crippen LogP) is -0.583. The topological polar surface area (TPSA) is 147 Å². The second kappa shape index (κ2) is 5.96. The Morgan fingerprint density at radius 1 is 1.19 bits per heavy atom. The molecule has 0 spiro atoms. The molecule has 0 saturated carbocycles. The SMILES string of the molecule is O=C(O)C(O)[C@H](O)[C@H](O)C(O)c1nc2cc(Cl)ccc2[nH]1. The number of H-pyrrole nitrogens is 1. The number of fused-ring (bicyclic) bond motifs is 1. The third-order valence-electron chi connectivity index (χ3n) is 2.99. The number of aromatic nitrogens is 2. The monoisotopic (exact) mass is 316 g/mol. The molecule has 0 amide bonds. The number of imidazole rings is 1. The number of benzene rings is 1. The molecule has 0 aliphatic heterocycles. The summed E-state index contributed by atoms with van der Waals surface area (Å²) in [6, 6.07) is 4.73. The fourth-order valence-corrected chi connectivity index (χ4v) is 1.99. The van der Waals surface area contributed by atoms with Crippen LogP contribution in [0, 0.1) is 0 Å². The number of aromatic amines is 1. The summed E-state index contributed by atoms with van der Waals surface area (Å²) in [7, 11) is 0. The molecular formula is C12H13ClN2O6. The number of carbonyl (C=O) groups is 1. The first-order valence-electron chi connectivity index (χ1n) is 5.91. The van der Waals surface area contributed by atoms with Gasteiger partial charge in [-0.2, -0.15) is 0 Å². The molecule has 0 fully saturated rings. The third kappa shape index (κ3) is 3.14. The molecule has 2 aromatic rings. The van der Waals surface area contributed by atoms with Gasteiger partial charge in [-0.1, -0.05) is 11.6 Å². The number of hydrogen-bond acceptors (Lipinski definition) is 6. The van der Waals surface area contributed by atoms with Crippen molar-refractivity contribution in [2.45, 2.75) is 24.4 Å². The van der Waals surface area contributed by atoms with Gasteiger partial charge >= 0.3 is 5.97 Å². The van der Waals surface area contributed by atoms with E-state index < -0.39 is 30.4 Å². The molecule has 2 rings (SSSR count). The van der Waals surface area contributed by atoms with E-state index in [-0.39, 0.29) is 5.82 Å². The van der Waals surface area contributed by atoms with Crippen molar-refractivity contribution < 1.29 is 30.3 Å². The van der Waals surface area contributed by atoms with Crippen LogP contribution in [-0.2, 0) is 4.79 Å². The number of aliphatic hydroxyl groups is 4. The Morgan fingerprint density at radius 2 is 1.86 bits per heavy atom. The molecule has 0 radical (unpaired) electrons. The van der Waals surface area contributed by atoms with Gasteiger partial charge in [-0.3, -0.25) is 0 Å². The standard InChI is InChI=1S/C12H13ClN2O6/c13-4-1-2-5-6(3-4)15-11(14-5)9(18)7(16)8(17)10(19)12(20)21/h1-3,7-10,16-19H,(H,14,15)(H,20,21)/t7-,8+,9?,10?/m0/s1. The highest BCUT2D eigenvalue weighted by atomic mass is 35.5. The van der Waals surface area contributed by atoms with E-state index in [4.69, 9.17) is 21.8 Å². The largest absolute Gasteiger partial charge is 0.479 e. The van der Waals surface area contributed by atoms with E-state index in [1.165, 1.54) is 6.07 Å². The molecule has 0 aliphatic rings. The van der Waals surface area contributed by atoms with Gasteiger partial charge in [0.1, 0.15) is 24.1 Å². The van der Waals surface area contributed by atoms with Crippen LogP contribution in [0.3, 0.4) is 0 Å². The molecule has 1 aromatic heterocycles. The van der Waals surface area contributed by atoms with Gasteiger partial charge in [0.05, 0.1) is 11.0 Å². The first-order valence-corrected chi connectivity index (χ1v) is 6.29. The number of aliphatic carboxylic acids is 1. The van der Waals surface area contributed by atoms with E-state index in [2.05, 4.69) is 9.97 Å². The molecule has 2 unspecified atom stereocenters. The molecule has 114 valence electrons. The maximum atomic E-state index is 10.5. The number of carboxylic acid groups (broad SMARTS) is 1. The minimum absolute atomic E-state index is 0.0867. The van der Waals surface area contributed by atoms with Gasteiger partial charge < -0.3 is 30.5 Å². The number of carboxylic acids is 1. The number of hydrogen-bond donors (Lipinski definition) is 6. The van der Waals surface area contributed by atoms with E-state index in [1.54, 1.807) is 12.1 Å². The first-order chi connectivity index (χ1) is 9.81. The summed E-state index contributed by atoms with van der Waals surface area (Å²) in [5.74, 6) is -1.80. The lowest BCUT2D eigenvalue weighted by molar-refractivity contribution is -0.163. The molecule has 21 heavy (non-hydrogen) atoms. The molecule has 1 heterocycles. The van der Waals surface area contributed by atoms with Crippen LogP contribution in [-0.4, -0.2) is 59.8 Å². The van der Waals surface area contributed by atoms with Gasteiger partial charge in [0.2, 0.25) is 0 Å². The number of rotatable bonds is 5. The Morgan fingerprint density at radius 3 is 2.48 bits per heavy atom. The second-order valence-electron chi connectivity index (χ2n) is 4.49. The second-order valence-corrected chi connectivity index (χ2v) is 4.93. The van der Waals surface area contributed by atoms with Crippen molar-refractivity contribution in [3.8, 4) is 0 Å². The molecule has 6 N–H and O–H groups in total. The molecule has 0 aliphatic carbocycles. The van der Waals surface area contributed by atoms with E-state index in [9.17, 15) is 20.1 Å². The van der Waals surface area contributed by atoms with Gasteiger partial charge in [-0.25, -0.2) is 9.78 Å². The zero-order chi connectivity index (χ0) is 15.7. The van der Waals surface area contributed by atoms with Crippen LogP contribution in [0.4, 0.5) is 0 Å². The van der Waals surface area contributed by atoms with Crippen molar-refractivity contribution in [3.63, 3.8) is 0 Å². The lowest BCUT2D eigenvalue weighted by Gasteiger charge is -2.23. The lowest BCUT2D eigenvalue weighted by Crippen LogP contribution is -2.45. The number of halogens is 1. The Bertz CT molecular complexity index is 660. The molecular weight excluding hydrogens is 304 g/mol. The molecule has 8 nitrogen and oxygen atoms in total. The number of nitrogens with one attached hydrogen (secondary N) is 1. The Hall–Kier alpha value is -1.71. The van der Waals surface area contributed by atoms with Crippen LogP contribution >= 0.6 is 11.6 Å². The van der Waals surface area contributed by atoms with Crippen molar-refractivity contribution in [2.75, 3.05) is 0 Å². The molecule has 1 aromatic carbocycles. The zero-order valence-corrected chi connectivity index (χ0v) is 11.3. The van der Waals surface area contributed by atoms with Gasteiger partial charge in [-0.15, -0.1) is 0 Å². The Labute approximate surface area is 123 Å². The van der Waals surface area contributed by atoms with Crippen LogP contribution in [0.1, 0.15) is 11.9 Å². The highest BCUT2D eigenvalue weighted by Crippen LogP contribution is 2.23. The zero-order valence-electron chi connectivity index (χ0n) is 10.5. The fraction of sp³-hybridized carbons (Fsp3) is 0.333. The van der Waals surface area contributed by atoms with Crippen molar-refractivity contribution in [2.24, 2.45) is 0 Å². The summed E-state index contributed by atoms with van der Waals surface area (Å²) in [4.78, 5) is 17.2. The average molecular weight is 317 g/mol. The van der Waals surface area contributed by atoms with Gasteiger partial charge in [0.25, 0.3) is 0 Å². The maximum absolute atomic E-state index is 10.5. The molecule has 9 heteroatoms. The summed E-state index contributed by atoms with van der Waals surface area (Å²) in [5, 5.41) is 47.3. The molecule has 0 bridgehead atoms. The number of nitrogens with zero attached hydrogens (tertiary/aromatic N) is 1. The molecule has 4 atom stereocenters. The quantitative estimate of drug-likeness (QED) is 0.432. The first kappa shape index (κ1) is 15.7. The Kier molecular flexibility index (Phi) is 4.45. The van der Waals surface area contributed by atoms with Crippen molar-refractivity contribution in [1.82, 2.24) is 9.97 Å². The summed E-state index contributed by atoms with van der Waals surface area (Å²) >= 11 is 5.79. The van der Waals surface area contributed by atoms with Crippen molar-refractivity contribution in [1.29, 1.82) is 0 Å². The summed E-state index contributed by atoms with van der Waals surface area (Å²) in [6.07, 6.45) is -7.95.